The summed E-state index contributed by atoms with van der Waals surface area (Å²) < 4.78 is 1.28. The standard InChI is InChI=1S/C13H12ClN7OS/c14-8-3-1-7(2-4-8)9-5-10(18-17-9)12-19-20-13(21(12)16)23-6-11(15)22/h1-5H,6,16H2,(H2,15,22)(H,17,18). The molecule has 1 amide bonds. The van der Waals surface area contributed by atoms with E-state index in [9.17, 15) is 4.79 Å². The highest BCUT2D eigenvalue weighted by Gasteiger charge is 2.15. The van der Waals surface area contributed by atoms with E-state index < -0.39 is 5.91 Å². The largest absolute Gasteiger partial charge is 0.369 e. The first-order valence-electron chi connectivity index (χ1n) is 6.48. The molecule has 23 heavy (non-hydrogen) atoms. The zero-order valence-electron chi connectivity index (χ0n) is 11.7. The molecule has 2 aromatic heterocycles. The number of nitrogens with two attached hydrogens (primary N) is 2. The van der Waals surface area contributed by atoms with Crippen LogP contribution < -0.4 is 11.6 Å². The summed E-state index contributed by atoms with van der Waals surface area (Å²) in [4.78, 5) is 10.8. The number of aromatic amines is 1. The molecular formula is C13H12ClN7OS. The average Bonchev–Trinajstić information content (AvgIpc) is 3.13. The van der Waals surface area contributed by atoms with E-state index in [2.05, 4.69) is 20.4 Å². The van der Waals surface area contributed by atoms with Gasteiger partial charge < -0.3 is 11.6 Å². The van der Waals surface area contributed by atoms with Gasteiger partial charge in [-0.05, 0) is 18.2 Å². The maximum atomic E-state index is 10.8. The molecule has 0 aliphatic rings. The Bertz CT molecular complexity index is 842. The molecule has 8 nitrogen and oxygen atoms in total. The molecule has 0 bridgehead atoms. The number of H-pyrrole nitrogens is 1. The van der Waals surface area contributed by atoms with Crippen molar-refractivity contribution in [2.45, 2.75) is 5.16 Å². The third-order valence-corrected chi connectivity index (χ3v) is 4.18. The van der Waals surface area contributed by atoms with Crippen molar-refractivity contribution in [3.8, 4) is 22.8 Å². The molecular weight excluding hydrogens is 338 g/mol. The van der Waals surface area contributed by atoms with Gasteiger partial charge in [-0.1, -0.05) is 35.5 Å². The van der Waals surface area contributed by atoms with Crippen molar-refractivity contribution >= 4 is 29.3 Å². The quantitative estimate of drug-likeness (QED) is 0.470. The first-order chi connectivity index (χ1) is 11.0. The Morgan fingerprint density at radius 3 is 2.74 bits per heavy atom. The number of nitrogens with one attached hydrogen (secondary N) is 1. The fourth-order valence-corrected chi connectivity index (χ4v) is 2.62. The molecule has 0 aliphatic carbocycles. The molecule has 118 valence electrons. The number of benzene rings is 1. The predicted octanol–water partition coefficient (Wildman–Crippen LogP) is 1.28. The topological polar surface area (TPSA) is 129 Å². The molecule has 0 saturated heterocycles. The number of rotatable bonds is 5. The number of hydrogen-bond donors (Lipinski definition) is 3. The minimum absolute atomic E-state index is 0.0777. The molecule has 3 aromatic rings. The van der Waals surface area contributed by atoms with Gasteiger partial charge in [0.05, 0.1) is 11.4 Å². The lowest BCUT2D eigenvalue weighted by Crippen LogP contribution is -2.16. The lowest BCUT2D eigenvalue weighted by atomic mass is 10.1. The molecule has 0 fully saturated rings. The number of nitrogens with zero attached hydrogens (tertiary/aromatic N) is 4. The maximum Gasteiger partial charge on any atom is 0.227 e. The normalized spacial score (nSPS) is 10.8. The van der Waals surface area contributed by atoms with Gasteiger partial charge in [-0.2, -0.15) is 5.10 Å². The van der Waals surface area contributed by atoms with Crippen LogP contribution in [0.3, 0.4) is 0 Å². The van der Waals surface area contributed by atoms with Crippen molar-refractivity contribution < 1.29 is 4.79 Å². The molecule has 0 unspecified atom stereocenters. The molecule has 1 aromatic carbocycles. The van der Waals surface area contributed by atoms with Crippen LogP contribution in [-0.4, -0.2) is 36.7 Å². The first-order valence-corrected chi connectivity index (χ1v) is 7.84. The highest BCUT2D eigenvalue weighted by molar-refractivity contribution is 7.99. The Kier molecular flexibility index (Phi) is 4.22. The van der Waals surface area contributed by atoms with Crippen LogP contribution >= 0.6 is 23.4 Å². The van der Waals surface area contributed by atoms with Crippen LogP contribution in [0, 0.1) is 0 Å². The second kappa shape index (κ2) is 6.31. The summed E-state index contributed by atoms with van der Waals surface area (Å²) in [6.07, 6.45) is 0. The third kappa shape index (κ3) is 3.30. The van der Waals surface area contributed by atoms with Gasteiger partial charge in [-0.3, -0.25) is 9.89 Å². The molecule has 0 atom stereocenters. The number of thioether (sulfide) groups is 1. The lowest BCUT2D eigenvalue weighted by molar-refractivity contribution is -0.115. The van der Waals surface area contributed by atoms with E-state index >= 15 is 0 Å². The van der Waals surface area contributed by atoms with Crippen molar-refractivity contribution in [2.24, 2.45) is 5.73 Å². The molecule has 10 heteroatoms. The van der Waals surface area contributed by atoms with Gasteiger partial charge in [0.15, 0.2) is 0 Å². The van der Waals surface area contributed by atoms with Crippen molar-refractivity contribution in [3.05, 3.63) is 35.4 Å². The van der Waals surface area contributed by atoms with Gasteiger partial charge in [0.2, 0.25) is 16.9 Å². The zero-order valence-corrected chi connectivity index (χ0v) is 13.3. The van der Waals surface area contributed by atoms with E-state index in [1.165, 1.54) is 4.68 Å². The molecule has 0 spiro atoms. The minimum atomic E-state index is -0.453. The van der Waals surface area contributed by atoms with E-state index in [0.29, 0.717) is 21.7 Å². The summed E-state index contributed by atoms with van der Waals surface area (Å²) in [6, 6.07) is 9.11. The summed E-state index contributed by atoms with van der Waals surface area (Å²) in [6.45, 7) is 0. The van der Waals surface area contributed by atoms with Gasteiger partial charge in [0.25, 0.3) is 0 Å². The Hall–Kier alpha value is -2.52. The number of amides is 1. The number of aromatic nitrogens is 5. The maximum absolute atomic E-state index is 10.8. The van der Waals surface area contributed by atoms with Crippen molar-refractivity contribution in [1.29, 1.82) is 0 Å². The number of carbonyl (C=O) groups is 1. The first kappa shape index (κ1) is 15.4. The highest BCUT2D eigenvalue weighted by atomic mass is 35.5. The van der Waals surface area contributed by atoms with E-state index in [1.807, 2.05) is 12.1 Å². The predicted molar refractivity (Wildman–Crippen MR) is 88.1 cm³/mol. The number of nitrogen functional groups attached to an aromatic ring is 1. The van der Waals surface area contributed by atoms with Gasteiger partial charge >= 0.3 is 0 Å². The van der Waals surface area contributed by atoms with E-state index in [4.69, 9.17) is 23.2 Å². The molecule has 0 aliphatic heterocycles. The van der Waals surface area contributed by atoms with Gasteiger partial charge in [-0.15, -0.1) is 10.2 Å². The van der Waals surface area contributed by atoms with Crippen LogP contribution in [0.1, 0.15) is 0 Å². The molecule has 3 rings (SSSR count). The number of halogens is 1. The van der Waals surface area contributed by atoms with Crippen molar-refractivity contribution in [1.82, 2.24) is 25.1 Å². The van der Waals surface area contributed by atoms with Gasteiger partial charge in [0.1, 0.15) is 5.69 Å². The van der Waals surface area contributed by atoms with Crippen molar-refractivity contribution in [3.63, 3.8) is 0 Å². The van der Waals surface area contributed by atoms with Crippen LogP contribution in [0.15, 0.2) is 35.5 Å². The van der Waals surface area contributed by atoms with Crippen LogP contribution in [-0.2, 0) is 4.79 Å². The van der Waals surface area contributed by atoms with Crippen molar-refractivity contribution in [2.75, 3.05) is 11.6 Å². The van der Waals surface area contributed by atoms with E-state index in [0.717, 1.165) is 23.0 Å². The molecule has 5 N–H and O–H groups in total. The Morgan fingerprint density at radius 2 is 2.04 bits per heavy atom. The fraction of sp³-hybridized carbons (Fsp3) is 0.0769. The third-order valence-electron chi connectivity index (χ3n) is 2.97. The van der Waals surface area contributed by atoms with Crippen LogP contribution in [0.4, 0.5) is 0 Å². The van der Waals surface area contributed by atoms with E-state index in [-0.39, 0.29) is 5.75 Å². The Labute approximate surface area is 140 Å². The summed E-state index contributed by atoms with van der Waals surface area (Å²) in [5, 5.41) is 16.1. The Balaban J connectivity index is 1.86. The van der Waals surface area contributed by atoms with Crippen LogP contribution in [0.2, 0.25) is 5.02 Å². The second-order valence-electron chi connectivity index (χ2n) is 4.60. The van der Waals surface area contributed by atoms with E-state index in [1.54, 1.807) is 18.2 Å². The summed E-state index contributed by atoms with van der Waals surface area (Å²) >= 11 is 6.99. The fourth-order valence-electron chi connectivity index (χ4n) is 1.90. The average molecular weight is 350 g/mol. The monoisotopic (exact) mass is 349 g/mol. The second-order valence-corrected chi connectivity index (χ2v) is 5.98. The number of carbonyl (C=O) groups excluding carboxylic acids is 1. The number of primary amides is 1. The minimum Gasteiger partial charge on any atom is -0.369 e. The van der Waals surface area contributed by atoms with Gasteiger partial charge in [0, 0.05) is 10.6 Å². The van der Waals surface area contributed by atoms with Crippen LogP contribution in [0.5, 0.6) is 0 Å². The smallest absolute Gasteiger partial charge is 0.227 e. The highest BCUT2D eigenvalue weighted by Crippen LogP contribution is 2.25. The molecule has 0 radical (unpaired) electrons. The SMILES string of the molecule is NC(=O)CSc1nnc(-c2cc(-c3ccc(Cl)cc3)n[nH]2)n1N. The Morgan fingerprint density at radius 1 is 1.30 bits per heavy atom. The van der Waals surface area contributed by atoms with Crippen LogP contribution in [0.25, 0.3) is 22.8 Å². The summed E-state index contributed by atoms with van der Waals surface area (Å²) in [5.41, 5.74) is 7.34. The summed E-state index contributed by atoms with van der Waals surface area (Å²) in [7, 11) is 0. The molecule has 0 saturated carbocycles. The van der Waals surface area contributed by atoms with Gasteiger partial charge in [-0.25, -0.2) is 4.68 Å². The zero-order chi connectivity index (χ0) is 16.4. The molecule has 2 heterocycles. The lowest BCUT2D eigenvalue weighted by Gasteiger charge is -2.00. The number of hydrogen-bond acceptors (Lipinski definition) is 6. The summed E-state index contributed by atoms with van der Waals surface area (Å²) in [5.74, 6) is 5.98.